The molecular weight excluding hydrogens is 473 g/mol. The zero-order chi connectivity index (χ0) is 23.8. The van der Waals surface area contributed by atoms with E-state index >= 15 is 0 Å². The fourth-order valence-electron chi connectivity index (χ4n) is 2.92. The fraction of sp³-hybridized carbons (Fsp3) is 0.130. The second-order valence-electron chi connectivity index (χ2n) is 6.90. The van der Waals surface area contributed by atoms with E-state index in [1.807, 2.05) is 6.07 Å². The minimum atomic E-state index is -0.876. The zero-order valence-electron chi connectivity index (χ0n) is 17.2. The van der Waals surface area contributed by atoms with E-state index in [2.05, 4.69) is 16.0 Å². The van der Waals surface area contributed by atoms with Crippen LogP contribution in [0.4, 0.5) is 35.4 Å². The number of carbonyl (C=O) groups excluding carboxylic acids is 2. The normalized spacial score (nSPS) is 10.4. The molecule has 4 amide bonds. The second-order valence-corrected chi connectivity index (χ2v) is 7.72. The molecule has 0 atom stereocenters. The molecule has 0 aliphatic carbocycles. The molecule has 3 aromatic rings. The summed E-state index contributed by atoms with van der Waals surface area (Å²) in [7, 11) is 0. The van der Waals surface area contributed by atoms with E-state index in [9.17, 15) is 18.4 Å². The molecular formula is C23H20Cl2F2N4O2. The molecule has 0 bridgehead atoms. The lowest BCUT2D eigenvalue weighted by molar-refractivity contribution is 0.252. The Bertz CT molecular complexity index is 1130. The van der Waals surface area contributed by atoms with Crippen LogP contribution in [0.1, 0.15) is 6.42 Å². The molecule has 172 valence electrons. The lowest BCUT2D eigenvalue weighted by Crippen LogP contribution is -2.38. The minimum absolute atomic E-state index is 0.138. The Hall–Kier alpha value is -3.36. The van der Waals surface area contributed by atoms with Gasteiger partial charge in [-0.2, -0.15) is 0 Å². The van der Waals surface area contributed by atoms with E-state index in [1.54, 1.807) is 42.5 Å². The summed E-state index contributed by atoms with van der Waals surface area (Å²) >= 11 is 11.9. The number of nitrogens with zero attached hydrogens (tertiary/aromatic N) is 1. The predicted octanol–water partition coefficient (Wildman–Crippen LogP) is 6.52. The van der Waals surface area contributed by atoms with Gasteiger partial charge in [-0.25, -0.2) is 18.4 Å². The average molecular weight is 493 g/mol. The molecule has 3 aromatic carbocycles. The summed E-state index contributed by atoms with van der Waals surface area (Å²) in [5.41, 5.74) is 1.00. The maximum Gasteiger partial charge on any atom is 0.326 e. The first-order chi connectivity index (χ1) is 15.8. The topological polar surface area (TPSA) is 73.5 Å². The van der Waals surface area contributed by atoms with E-state index in [1.165, 1.54) is 4.90 Å². The Balaban J connectivity index is 1.57. The molecule has 0 fully saturated rings. The highest BCUT2D eigenvalue weighted by atomic mass is 35.5. The fourth-order valence-corrected chi connectivity index (χ4v) is 3.22. The highest BCUT2D eigenvalue weighted by molar-refractivity contribution is 6.42. The molecule has 0 unspecified atom stereocenters. The summed E-state index contributed by atoms with van der Waals surface area (Å²) in [6, 6.07) is 15.6. The van der Waals surface area contributed by atoms with Crippen LogP contribution in [0.3, 0.4) is 0 Å². The van der Waals surface area contributed by atoms with E-state index < -0.39 is 23.7 Å². The average Bonchev–Trinajstić information content (AvgIpc) is 2.78. The molecule has 6 nitrogen and oxygen atoms in total. The maximum atomic E-state index is 13.7. The molecule has 0 spiro atoms. The predicted molar refractivity (Wildman–Crippen MR) is 127 cm³/mol. The van der Waals surface area contributed by atoms with E-state index in [-0.39, 0.29) is 18.8 Å². The third-order valence-corrected chi connectivity index (χ3v) is 5.25. The van der Waals surface area contributed by atoms with Crippen LogP contribution in [-0.2, 0) is 0 Å². The quantitative estimate of drug-likeness (QED) is 0.328. The van der Waals surface area contributed by atoms with Crippen LogP contribution < -0.4 is 20.9 Å². The van der Waals surface area contributed by atoms with Gasteiger partial charge in [-0.1, -0.05) is 41.4 Å². The van der Waals surface area contributed by atoms with Gasteiger partial charge in [0.05, 0.1) is 15.7 Å². The van der Waals surface area contributed by atoms with Gasteiger partial charge in [0.25, 0.3) is 0 Å². The van der Waals surface area contributed by atoms with Crippen molar-refractivity contribution in [3.63, 3.8) is 0 Å². The summed E-state index contributed by atoms with van der Waals surface area (Å²) in [5, 5.41) is 8.36. The Morgan fingerprint density at radius 3 is 2.33 bits per heavy atom. The van der Waals surface area contributed by atoms with Crippen LogP contribution in [0.15, 0.2) is 66.7 Å². The first-order valence-corrected chi connectivity index (χ1v) is 10.7. The number of para-hydroxylation sites is 1. The van der Waals surface area contributed by atoms with Gasteiger partial charge in [-0.3, -0.25) is 4.90 Å². The molecule has 0 radical (unpaired) electrons. The van der Waals surface area contributed by atoms with Crippen molar-refractivity contribution in [3.05, 3.63) is 88.4 Å². The summed E-state index contributed by atoms with van der Waals surface area (Å²) in [4.78, 5) is 26.4. The molecule has 0 saturated carbocycles. The minimum Gasteiger partial charge on any atom is -0.338 e. The molecule has 0 aromatic heterocycles. The standard InChI is InChI=1S/C23H20Cl2F2N4O2/c24-18-9-8-16(14-19(18)25)29-23(33)31(17-5-2-1-3-6-17)12-4-11-28-22(32)30-21-10-7-15(26)13-20(21)27/h1-3,5-10,13-14H,4,11-12H2,(H,29,33)(H2,28,30,32). The van der Waals surface area contributed by atoms with Crippen molar-refractivity contribution in [2.24, 2.45) is 0 Å². The SMILES string of the molecule is O=C(NCCCN(C(=O)Nc1ccc(Cl)c(Cl)c1)c1ccccc1)Nc1ccc(F)cc1F. The number of hydrogen-bond acceptors (Lipinski definition) is 2. The zero-order valence-corrected chi connectivity index (χ0v) is 18.8. The second kappa shape index (κ2) is 11.5. The lowest BCUT2D eigenvalue weighted by Gasteiger charge is -2.23. The van der Waals surface area contributed by atoms with Crippen molar-refractivity contribution >= 4 is 52.3 Å². The van der Waals surface area contributed by atoms with Gasteiger partial charge in [0.1, 0.15) is 11.6 Å². The van der Waals surface area contributed by atoms with Crippen molar-refractivity contribution in [1.29, 1.82) is 0 Å². The van der Waals surface area contributed by atoms with Gasteiger partial charge in [0.15, 0.2) is 0 Å². The van der Waals surface area contributed by atoms with Crippen molar-refractivity contribution in [3.8, 4) is 0 Å². The van der Waals surface area contributed by atoms with Crippen LogP contribution in [0.25, 0.3) is 0 Å². The van der Waals surface area contributed by atoms with Gasteiger partial charge >= 0.3 is 12.1 Å². The van der Waals surface area contributed by atoms with Crippen LogP contribution >= 0.6 is 23.2 Å². The van der Waals surface area contributed by atoms with Crippen molar-refractivity contribution in [2.45, 2.75) is 6.42 Å². The number of rotatable bonds is 7. The number of halogens is 4. The highest BCUT2D eigenvalue weighted by Crippen LogP contribution is 2.25. The Morgan fingerprint density at radius 2 is 1.64 bits per heavy atom. The third-order valence-electron chi connectivity index (χ3n) is 4.51. The molecule has 0 heterocycles. The Morgan fingerprint density at radius 1 is 0.879 bits per heavy atom. The first-order valence-electron chi connectivity index (χ1n) is 9.92. The molecule has 0 aliphatic rings. The highest BCUT2D eigenvalue weighted by Gasteiger charge is 2.16. The third kappa shape index (κ3) is 7.06. The summed E-state index contributed by atoms with van der Waals surface area (Å²) in [5.74, 6) is -1.61. The molecule has 10 heteroatoms. The molecule has 0 aliphatic heterocycles. The van der Waals surface area contributed by atoms with E-state index in [4.69, 9.17) is 23.2 Å². The first kappa shape index (κ1) is 24.3. The van der Waals surface area contributed by atoms with Crippen LogP contribution in [-0.4, -0.2) is 25.2 Å². The molecule has 3 N–H and O–H groups in total. The molecule has 0 saturated heterocycles. The smallest absolute Gasteiger partial charge is 0.326 e. The van der Waals surface area contributed by atoms with Crippen molar-refractivity contribution in [1.82, 2.24) is 5.32 Å². The maximum absolute atomic E-state index is 13.7. The van der Waals surface area contributed by atoms with Crippen LogP contribution in [0.2, 0.25) is 10.0 Å². The summed E-state index contributed by atoms with van der Waals surface area (Å²) in [6.07, 6.45) is 0.406. The Labute approximate surface area is 199 Å². The molecule has 33 heavy (non-hydrogen) atoms. The number of hydrogen-bond donors (Lipinski definition) is 3. The lowest BCUT2D eigenvalue weighted by atomic mass is 10.2. The summed E-state index contributed by atoms with van der Waals surface area (Å²) in [6.45, 7) is 0.486. The van der Waals surface area contributed by atoms with E-state index in [0.29, 0.717) is 33.9 Å². The number of amides is 4. The number of anilines is 3. The number of carbonyl (C=O) groups is 2. The number of nitrogens with one attached hydrogen (secondary N) is 3. The van der Waals surface area contributed by atoms with Gasteiger partial charge in [0, 0.05) is 30.5 Å². The van der Waals surface area contributed by atoms with Gasteiger partial charge < -0.3 is 16.0 Å². The van der Waals surface area contributed by atoms with Gasteiger partial charge in [-0.05, 0) is 48.9 Å². The van der Waals surface area contributed by atoms with Crippen LogP contribution in [0, 0.1) is 11.6 Å². The van der Waals surface area contributed by atoms with E-state index in [0.717, 1.165) is 12.1 Å². The van der Waals surface area contributed by atoms with Crippen LogP contribution in [0.5, 0.6) is 0 Å². The van der Waals surface area contributed by atoms with Gasteiger partial charge in [-0.15, -0.1) is 0 Å². The number of urea groups is 2. The molecule has 3 rings (SSSR count). The Kier molecular flexibility index (Phi) is 8.46. The summed E-state index contributed by atoms with van der Waals surface area (Å²) < 4.78 is 26.6. The largest absolute Gasteiger partial charge is 0.338 e. The van der Waals surface area contributed by atoms with Crippen molar-refractivity contribution in [2.75, 3.05) is 28.6 Å². The monoisotopic (exact) mass is 492 g/mol. The van der Waals surface area contributed by atoms with Gasteiger partial charge in [0.2, 0.25) is 0 Å². The number of benzene rings is 3. The van der Waals surface area contributed by atoms with Crippen molar-refractivity contribution < 1.29 is 18.4 Å².